The number of pyridine rings is 1. The zero-order valence-corrected chi connectivity index (χ0v) is 20.2. The van der Waals surface area contributed by atoms with E-state index < -0.39 is 0 Å². The van der Waals surface area contributed by atoms with Crippen LogP contribution in [0.4, 0.5) is 0 Å². The van der Waals surface area contributed by atoms with Gasteiger partial charge in [-0.3, -0.25) is 4.99 Å². The molecule has 1 aliphatic rings. The summed E-state index contributed by atoms with van der Waals surface area (Å²) in [4.78, 5) is 8.73. The van der Waals surface area contributed by atoms with Crippen LogP contribution in [0.3, 0.4) is 0 Å². The molecule has 0 spiro atoms. The summed E-state index contributed by atoms with van der Waals surface area (Å²) in [5, 5.41) is 6.93. The summed E-state index contributed by atoms with van der Waals surface area (Å²) in [6.45, 7) is 2.60. The maximum Gasteiger partial charge on any atom is 0.213 e. The second kappa shape index (κ2) is 12.7. The Bertz CT molecular complexity index is 763. The average Bonchev–Trinajstić information content (AvgIpc) is 3.26. The van der Waals surface area contributed by atoms with Crippen molar-refractivity contribution in [1.82, 2.24) is 15.6 Å². The lowest BCUT2D eigenvalue weighted by Gasteiger charge is -2.30. The summed E-state index contributed by atoms with van der Waals surface area (Å²) in [5.74, 6) is 1.42. The molecule has 0 aliphatic heterocycles. The number of aliphatic imine (C=N–C) groups is 1. The zero-order valence-electron chi connectivity index (χ0n) is 17.9. The Labute approximate surface area is 196 Å². The Hall–Kier alpha value is -1.87. The lowest BCUT2D eigenvalue weighted by molar-refractivity contribution is 0.143. The summed E-state index contributed by atoms with van der Waals surface area (Å²) in [6.07, 6.45) is 6.83. The van der Waals surface area contributed by atoms with Gasteiger partial charge in [-0.1, -0.05) is 49.2 Å². The molecular formula is C23H33IN4O2. The molecule has 0 amide bonds. The number of halogens is 1. The van der Waals surface area contributed by atoms with Crippen molar-refractivity contribution < 1.29 is 9.47 Å². The Balaban J connectivity index is 0.00000320. The molecule has 2 N–H and O–H groups in total. The molecule has 1 fully saturated rings. The standard InChI is InChI=1S/C23H32N4O2.HI/c1-24-22(26-17-19-10-11-21(25-16-19)29-15-14-28-2)27-18-23(12-6-7-13-23)20-8-4-3-5-9-20;/h3-5,8-11,16H,6-7,12-15,17-18H2,1-2H3,(H2,24,26,27);1H. The van der Waals surface area contributed by atoms with Crippen LogP contribution in [-0.4, -0.2) is 44.9 Å². The molecule has 1 saturated carbocycles. The van der Waals surface area contributed by atoms with Crippen molar-refractivity contribution in [1.29, 1.82) is 0 Å². The number of nitrogens with zero attached hydrogens (tertiary/aromatic N) is 2. The Morgan fingerprint density at radius 2 is 1.83 bits per heavy atom. The van der Waals surface area contributed by atoms with Crippen molar-refractivity contribution in [3.05, 3.63) is 59.8 Å². The van der Waals surface area contributed by atoms with Crippen molar-refractivity contribution in [3.8, 4) is 5.88 Å². The van der Waals surface area contributed by atoms with Gasteiger partial charge >= 0.3 is 0 Å². The molecule has 6 nitrogen and oxygen atoms in total. The highest BCUT2D eigenvalue weighted by atomic mass is 127. The smallest absolute Gasteiger partial charge is 0.213 e. The Morgan fingerprint density at radius 3 is 2.47 bits per heavy atom. The largest absolute Gasteiger partial charge is 0.475 e. The Morgan fingerprint density at radius 1 is 1.07 bits per heavy atom. The number of hydrogen-bond donors (Lipinski definition) is 2. The maximum atomic E-state index is 5.50. The number of aromatic nitrogens is 1. The molecule has 3 rings (SSSR count). The van der Waals surface area contributed by atoms with E-state index >= 15 is 0 Å². The number of benzene rings is 1. The summed E-state index contributed by atoms with van der Waals surface area (Å²) in [6, 6.07) is 14.8. The van der Waals surface area contributed by atoms with Crippen LogP contribution in [0.2, 0.25) is 0 Å². The molecule has 164 valence electrons. The quantitative estimate of drug-likeness (QED) is 0.226. The fraction of sp³-hybridized carbons (Fsp3) is 0.478. The van der Waals surface area contributed by atoms with E-state index in [2.05, 4.69) is 50.9 Å². The van der Waals surface area contributed by atoms with Gasteiger partial charge < -0.3 is 20.1 Å². The second-order valence-corrected chi connectivity index (χ2v) is 7.48. The summed E-state index contributed by atoms with van der Waals surface area (Å²) in [7, 11) is 3.46. The first kappa shape index (κ1) is 24.4. The van der Waals surface area contributed by atoms with Crippen LogP contribution in [-0.2, 0) is 16.7 Å². The summed E-state index contributed by atoms with van der Waals surface area (Å²) < 4.78 is 10.5. The van der Waals surface area contributed by atoms with Gasteiger partial charge in [0.05, 0.1) is 6.61 Å². The van der Waals surface area contributed by atoms with Crippen LogP contribution in [0, 0.1) is 0 Å². The number of ether oxygens (including phenoxy) is 2. The highest BCUT2D eigenvalue weighted by Gasteiger charge is 2.35. The van der Waals surface area contributed by atoms with Crippen molar-refractivity contribution in [2.75, 3.05) is 33.9 Å². The molecular weight excluding hydrogens is 491 g/mol. The molecule has 1 heterocycles. The zero-order chi connectivity index (χ0) is 20.4. The third kappa shape index (κ3) is 6.84. The first-order chi connectivity index (χ1) is 14.3. The topological polar surface area (TPSA) is 67.8 Å². The monoisotopic (exact) mass is 524 g/mol. The number of rotatable bonds is 9. The minimum absolute atomic E-state index is 0. The van der Waals surface area contributed by atoms with Crippen LogP contribution in [0.1, 0.15) is 36.8 Å². The summed E-state index contributed by atoms with van der Waals surface area (Å²) >= 11 is 0. The van der Waals surface area contributed by atoms with Gasteiger partial charge in [0.15, 0.2) is 5.96 Å². The van der Waals surface area contributed by atoms with Gasteiger partial charge in [0.2, 0.25) is 5.88 Å². The lowest BCUT2D eigenvalue weighted by atomic mass is 9.79. The van der Waals surface area contributed by atoms with E-state index in [9.17, 15) is 0 Å². The molecule has 1 aromatic carbocycles. The first-order valence-corrected chi connectivity index (χ1v) is 10.3. The number of methoxy groups -OCH3 is 1. The van der Waals surface area contributed by atoms with Crippen molar-refractivity contribution in [2.45, 2.75) is 37.6 Å². The van der Waals surface area contributed by atoms with Crippen molar-refractivity contribution in [2.24, 2.45) is 4.99 Å². The van der Waals surface area contributed by atoms with Crippen LogP contribution >= 0.6 is 24.0 Å². The SMILES string of the molecule is CN=C(NCc1ccc(OCCOC)nc1)NCC1(c2ccccc2)CCCC1.I. The molecule has 0 bridgehead atoms. The highest BCUT2D eigenvalue weighted by molar-refractivity contribution is 14.0. The average molecular weight is 524 g/mol. The van der Waals surface area contributed by atoms with Crippen LogP contribution < -0.4 is 15.4 Å². The molecule has 1 aromatic heterocycles. The Kier molecular flexibility index (Phi) is 10.4. The highest BCUT2D eigenvalue weighted by Crippen LogP contribution is 2.40. The fourth-order valence-electron chi connectivity index (χ4n) is 3.90. The normalized spacial score (nSPS) is 15.3. The maximum absolute atomic E-state index is 5.50. The predicted molar refractivity (Wildman–Crippen MR) is 132 cm³/mol. The molecule has 2 aromatic rings. The molecule has 0 atom stereocenters. The summed E-state index contributed by atoms with van der Waals surface area (Å²) in [5.41, 5.74) is 2.70. The van der Waals surface area contributed by atoms with Gasteiger partial charge in [-0.05, 0) is 24.0 Å². The molecule has 0 unspecified atom stereocenters. The molecule has 0 radical (unpaired) electrons. The van der Waals surface area contributed by atoms with E-state index in [1.165, 1.54) is 31.2 Å². The third-order valence-electron chi connectivity index (χ3n) is 5.56. The van der Waals surface area contributed by atoms with Crippen LogP contribution in [0.5, 0.6) is 5.88 Å². The van der Waals surface area contributed by atoms with Gasteiger partial charge in [0, 0.05) is 44.9 Å². The van der Waals surface area contributed by atoms with E-state index in [1.807, 2.05) is 25.4 Å². The number of nitrogens with one attached hydrogen (secondary N) is 2. The van der Waals surface area contributed by atoms with Gasteiger partial charge in [-0.25, -0.2) is 4.98 Å². The van der Waals surface area contributed by atoms with Gasteiger partial charge in [0.25, 0.3) is 0 Å². The van der Waals surface area contributed by atoms with Gasteiger partial charge in [0.1, 0.15) is 6.61 Å². The lowest BCUT2D eigenvalue weighted by Crippen LogP contribution is -2.44. The van der Waals surface area contributed by atoms with Gasteiger partial charge in [-0.2, -0.15) is 0 Å². The predicted octanol–water partition coefficient (Wildman–Crippen LogP) is 3.90. The molecule has 30 heavy (non-hydrogen) atoms. The van der Waals surface area contributed by atoms with Crippen molar-refractivity contribution >= 4 is 29.9 Å². The van der Waals surface area contributed by atoms with E-state index in [0.29, 0.717) is 25.6 Å². The third-order valence-corrected chi connectivity index (χ3v) is 5.56. The van der Waals surface area contributed by atoms with E-state index in [4.69, 9.17) is 9.47 Å². The van der Waals surface area contributed by atoms with Crippen LogP contribution in [0.25, 0.3) is 0 Å². The molecule has 0 saturated heterocycles. The van der Waals surface area contributed by atoms with E-state index in [1.54, 1.807) is 7.11 Å². The number of guanidine groups is 1. The fourth-order valence-corrected chi connectivity index (χ4v) is 3.90. The molecule has 1 aliphatic carbocycles. The second-order valence-electron chi connectivity index (χ2n) is 7.48. The van der Waals surface area contributed by atoms with E-state index in [0.717, 1.165) is 18.1 Å². The first-order valence-electron chi connectivity index (χ1n) is 10.3. The van der Waals surface area contributed by atoms with Crippen LogP contribution in [0.15, 0.2) is 53.7 Å². The molecule has 7 heteroatoms. The minimum Gasteiger partial charge on any atom is -0.475 e. The number of hydrogen-bond acceptors (Lipinski definition) is 4. The van der Waals surface area contributed by atoms with Gasteiger partial charge in [-0.15, -0.1) is 24.0 Å². The van der Waals surface area contributed by atoms with Crippen molar-refractivity contribution in [3.63, 3.8) is 0 Å². The minimum atomic E-state index is 0. The van der Waals surface area contributed by atoms with E-state index in [-0.39, 0.29) is 29.4 Å².